The predicted octanol–water partition coefficient (Wildman–Crippen LogP) is 2.92. The number of hydrogen-bond acceptors (Lipinski definition) is 5. The molecule has 0 fully saturated rings. The smallest absolute Gasteiger partial charge is 0.316 e. The van der Waals surface area contributed by atoms with Gasteiger partial charge in [-0.1, -0.05) is 0 Å². The molecule has 6 nitrogen and oxygen atoms in total. The molecule has 0 aliphatic carbocycles. The molecular formula is C14H10F2N2O4S. The summed E-state index contributed by atoms with van der Waals surface area (Å²) in [5.74, 6) is -2.71. The highest BCUT2D eigenvalue weighted by molar-refractivity contribution is 7.61. The fourth-order valence-corrected chi connectivity index (χ4v) is 2.06. The molecule has 0 heterocycles. The summed E-state index contributed by atoms with van der Waals surface area (Å²) in [7, 11) is -1.37. The molecule has 1 N–H and O–H groups in total. The van der Waals surface area contributed by atoms with Crippen LogP contribution in [0.25, 0.3) is 0 Å². The molecular weight excluding hydrogens is 330 g/mol. The van der Waals surface area contributed by atoms with Crippen molar-refractivity contribution < 1.29 is 26.7 Å². The monoisotopic (exact) mass is 340 g/mol. The third-order valence-corrected chi connectivity index (χ3v) is 3.14. The summed E-state index contributed by atoms with van der Waals surface area (Å²) >= 11 is 0. The average Bonchev–Trinajstić information content (AvgIpc) is 2.49. The maximum Gasteiger partial charge on any atom is 0.316 e. The van der Waals surface area contributed by atoms with E-state index in [0.717, 1.165) is 18.2 Å². The van der Waals surface area contributed by atoms with Gasteiger partial charge in [0.15, 0.2) is 11.6 Å². The largest absolute Gasteiger partial charge is 0.494 e. The normalized spacial score (nSPS) is 10.0. The minimum atomic E-state index is -2.70. The number of nitrogens with zero attached hydrogens (tertiary/aromatic N) is 1. The number of ether oxygens (including phenoxy) is 1. The summed E-state index contributed by atoms with van der Waals surface area (Å²) in [5.41, 5.74) is 0.110. The molecule has 0 saturated heterocycles. The summed E-state index contributed by atoms with van der Waals surface area (Å²) < 4.78 is 55.6. The first kappa shape index (κ1) is 16.6. The fraction of sp³-hybridized carbons (Fsp3) is 0.0714. The lowest BCUT2D eigenvalue weighted by molar-refractivity contribution is 0.102. The second kappa shape index (κ2) is 6.97. The Labute approximate surface area is 131 Å². The van der Waals surface area contributed by atoms with Crippen molar-refractivity contribution in [2.75, 3.05) is 12.4 Å². The van der Waals surface area contributed by atoms with E-state index in [-0.39, 0.29) is 22.7 Å². The van der Waals surface area contributed by atoms with Crippen LogP contribution in [0.4, 0.5) is 20.2 Å². The number of anilines is 1. The van der Waals surface area contributed by atoms with Gasteiger partial charge in [0.1, 0.15) is 11.4 Å². The average molecular weight is 340 g/mol. The lowest BCUT2D eigenvalue weighted by Gasteiger charge is -2.08. The van der Waals surface area contributed by atoms with E-state index in [9.17, 15) is 22.0 Å². The zero-order chi connectivity index (χ0) is 17.0. The molecule has 0 atom stereocenters. The first-order chi connectivity index (χ1) is 10.9. The Bertz CT molecular complexity index is 890. The second-order valence-electron chi connectivity index (χ2n) is 4.28. The number of halogens is 2. The third-order valence-electron chi connectivity index (χ3n) is 2.79. The number of methoxy groups -OCH3 is 1. The molecule has 0 bridgehead atoms. The van der Waals surface area contributed by atoms with Crippen LogP contribution in [0.2, 0.25) is 0 Å². The van der Waals surface area contributed by atoms with Crippen molar-refractivity contribution in [2.24, 2.45) is 4.36 Å². The van der Waals surface area contributed by atoms with Gasteiger partial charge < -0.3 is 10.1 Å². The molecule has 2 rings (SSSR count). The number of rotatable bonds is 4. The van der Waals surface area contributed by atoms with E-state index < -0.39 is 28.0 Å². The van der Waals surface area contributed by atoms with E-state index in [1.54, 1.807) is 0 Å². The van der Waals surface area contributed by atoms with Crippen molar-refractivity contribution in [1.82, 2.24) is 0 Å². The Morgan fingerprint density at radius 2 is 1.87 bits per heavy atom. The highest BCUT2D eigenvalue weighted by Gasteiger charge is 2.11. The summed E-state index contributed by atoms with van der Waals surface area (Å²) in [6.45, 7) is 0. The van der Waals surface area contributed by atoms with Crippen molar-refractivity contribution >= 4 is 27.8 Å². The maximum atomic E-state index is 13.1. The van der Waals surface area contributed by atoms with Crippen LogP contribution in [-0.2, 0) is 10.5 Å². The quantitative estimate of drug-likeness (QED) is 0.927. The number of carbonyl (C=O) groups is 1. The van der Waals surface area contributed by atoms with E-state index in [2.05, 4.69) is 9.68 Å². The molecule has 0 aliphatic rings. The van der Waals surface area contributed by atoms with Gasteiger partial charge in [-0.05, 0) is 36.4 Å². The Morgan fingerprint density at radius 3 is 2.48 bits per heavy atom. The van der Waals surface area contributed by atoms with E-state index in [1.807, 2.05) is 0 Å². The van der Waals surface area contributed by atoms with Gasteiger partial charge in [-0.15, -0.1) is 4.36 Å². The number of nitrogens with one attached hydrogen (secondary N) is 1. The Balaban J connectivity index is 2.30. The first-order valence-corrected chi connectivity index (χ1v) is 7.19. The van der Waals surface area contributed by atoms with Crippen LogP contribution >= 0.6 is 0 Å². The molecule has 0 spiro atoms. The Morgan fingerprint density at radius 1 is 1.13 bits per heavy atom. The van der Waals surface area contributed by atoms with Crippen LogP contribution in [-0.4, -0.2) is 21.4 Å². The molecule has 23 heavy (non-hydrogen) atoms. The third kappa shape index (κ3) is 4.10. The zero-order valence-corrected chi connectivity index (χ0v) is 12.5. The zero-order valence-electron chi connectivity index (χ0n) is 11.7. The minimum absolute atomic E-state index is 0.0103. The van der Waals surface area contributed by atoms with Crippen molar-refractivity contribution in [3.05, 3.63) is 53.6 Å². The Kier molecular flexibility index (Phi) is 5.02. The molecule has 9 heteroatoms. The number of benzene rings is 2. The molecule has 2 aromatic rings. The van der Waals surface area contributed by atoms with E-state index in [0.29, 0.717) is 0 Å². The summed E-state index contributed by atoms with van der Waals surface area (Å²) in [6, 6.07) is 6.84. The summed E-state index contributed by atoms with van der Waals surface area (Å²) in [5, 5.41) is 2.43. The molecule has 0 radical (unpaired) electrons. The lowest BCUT2D eigenvalue weighted by Crippen LogP contribution is -2.12. The Hall–Kier alpha value is -2.81. The first-order valence-electron chi connectivity index (χ1n) is 6.16. The number of amides is 1. The fourth-order valence-electron chi connectivity index (χ4n) is 1.76. The van der Waals surface area contributed by atoms with Crippen LogP contribution in [0.15, 0.2) is 40.8 Å². The maximum absolute atomic E-state index is 13.1. The molecule has 2 aromatic carbocycles. The molecule has 0 aliphatic heterocycles. The van der Waals surface area contributed by atoms with Gasteiger partial charge in [-0.25, -0.2) is 8.78 Å². The van der Waals surface area contributed by atoms with Crippen molar-refractivity contribution in [3.8, 4) is 5.75 Å². The minimum Gasteiger partial charge on any atom is -0.494 e. The highest BCUT2D eigenvalue weighted by atomic mass is 32.2. The summed E-state index contributed by atoms with van der Waals surface area (Å²) in [4.78, 5) is 12.0. The standard InChI is InChI=1S/C14H10F2N2O4S/c1-22-13-5-3-9(7-12(13)18-23(20)21)17-14(19)8-2-4-10(15)11(16)6-8/h2-7H,1H3,(H,17,19). The molecule has 1 amide bonds. The summed E-state index contributed by atoms with van der Waals surface area (Å²) in [6.07, 6.45) is 0. The van der Waals surface area contributed by atoms with Crippen LogP contribution < -0.4 is 10.1 Å². The van der Waals surface area contributed by atoms with Gasteiger partial charge >= 0.3 is 10.5 Å². The van der Waals surface area contributed by atoms with Crippen LogP contribution in [0.5, 0.6) is 5.75 Å². The number of hydrogen-bond donors (Lipinski definition) is 1. The molecule has 0 unspecified atom stereocenters. The van der Waals surface area contributed by atoms with Crippen molar-refractivity contribution in [1.29, 1.82) is 0 Å². The van der Waals surface area contributed by atoms with Crippen LogP contribution in [0.3, 0.4) is 0 Å². The molecule has 0 saturated carbocycles. The van der Waals surface area contributed by atoms with E-state index in [1.165, 1.54) is 25.3 Å². The SMILES string of the molecule is COc1ccc(NC(=O)c2ccc(F)c(F)c2)cc1N=S(=O)=O. The second-order valence-corrected chi connectivity index (χ2v) is 4.89. The van der Waals surface area contributed by atoms with Gasteiger partial charge in [0.05, 0.1) is 7.11 Å². The van der Waals surface area contributed by atoms with Gasteiger partial charge in [0.2, 0.25) is 0 Å². The van der Waals surface area contributed by atoms with Gasteiger partial charge in [-0.3, -0.25) is 4.79 Å². The van der Waals surface area contributed by atoms with Crippen molar-refractivity contribution in [2.45, 2.75) is 0 Å². The van der Waals surface area contributed by atoms with Crippen molar-refractivity contribution in [3.63, 3.8) is 0 Å². The van der Waals surface area contributed by atoms with Gasteiger partial charge in [-0.2, -0.15) is 8.42 Å². The molecule has 0 aromatic heterocycles. The van der Waals surface area contributed by atoms with Gasteiger partial charge in [0.25, 0.3) is 5.91 Å². The highest BCUT2D eigenvalue weighted by Crippen LogP contribution is 2.30. The lowest BCUT2D eigenvalue weighted by atomic mass is 10.2. The predicted molar refractivity (Wildman–Crippen MR) is 78.3 cm³/mol. The van der Waals surface area contributed by atoms with E-state index in [4.69, 9.17) is 4.74 Å². The van der Waals surface area contributed by atoms with Crippen LogP contribution in [0.1, 0.15) is 10.4 Å². The molecule has 120 valence electrons. The van der Waals surface area contributed by atoms with Gasteiger partial charge in [0, 0.05) is 11.3 Å². The van der Waals surface area contributed by atoms with Crippen LogP contribution in [0, 0.1) is 11.6 Å². The number of carbonyl (C=O) groups excluding carboxylic acids is 1. The topological polar surface area (TPSA) is 84.8 Å². The van der Waals surface area contributed by atoms with E-state index >= 15 is 0 Å².